The third-order valence-electron chi connectivity index (χ3n) is 3.54. The van der Waals surface area contributed by atoms with E-state index in [2.05, 4.69) is 22.2 Å². The summed E-state index contributed by atoms with van der Waals surface area (Å²) in [7, 11) is 2.08. The van der Waals surface area contributed by atoms with Crippen LogP contribution in [0, 0.1) is 0 Å². The van der Waals surface area contributed by atoms with E-state index in [0.717, 1.165) is 36.0 Å². The first kappa shape index (κ1) is 11.3. The molecule has 2 heterocycles. The highest BCUT2D eigenvalue weighted by Crippen LogP contribution is 2.15. The maximum Gasteiger partial charge on any atom is 0.251 e. The Morgan fingerprint density at radius 2 is 2.33 bits per heavy atom. The number of aromatic nitrogens is 1. The third-order valence-corrected chi connectivity index (χ3v) is 3.54. The summed E-state index contributed by atoms with van der Waals surface area (Å²) in [5, 5.41) is 4.22. The Labute approximate surface area is 106 Å². The minimum Gasteiger partial charge on any atom is -0.361 e. The van der Waals surface area contributed by atoms with Gasteiger partial charge < -0.3 is 15.2 Å². The lowest BCUT2D eigenvalue weighted by molar-refractivity contribution is 0.0938. The molecule has 0 radical (unpaired) electrons. The molecule has 1 aromatic heterocycles. The van der Waals surface area contributed by atoms with E-state index in [1.54, 1.807) is 0 Å². The molecule has 0 spiro atoms. The van der Waals surface area contributed by atoms with Gasteiger partial charge in [-0.05, 0) is 43.6 Å². The van der Waals surface area contributed by atoms with Crippen molar-refractivity contribution < 1.29 is 4.79 Å². The lowest BCUT2D eigenvalue weighted by Crippen LogP contribution is -2.36. The van der Waals surface area contributed by atoms with Crippen molar-refractivity contribution in [2.45, 2.75) is 12.5 Å². The number of nitrogens with zero attached hydrogens (tertiary/aromatic N) is 1. The fraction of sp³-hybridized carbons (Fsp3) is 0.357. The maximum atomic E-state index is 12.1. The van der Waals surface area contributed by atoms with Crippen LogP contribution in [0.1, 0.15) is 16.8 Å². The normalized spacial score (nSPS) is 20.4. The summed E-state index contributed by atoms with van der Waals surface area (Å²) >= 11 is 0. The summed E-state index contributed by atoms with van der Waals surface area (Å²) in [6.07, 6.45) is 2.92. The zero-order chi connectivity index (χ0) is 12.5. The molecular formula is C14H17N3O. The van der Waals surface area contributed by atoms with Crippen LogP contribution in [-0.2, 0) is 0 Å². The fourth-order valence-corrected chi connectivity index (χ4v) is 2.51. The van der Waals surface area contributed by atoms with Crippen molar-refractivity contribution in [2.24, 2.45) is 0 Å². The van der Waals surface area contributed by atoms with Crippen molar-refractivity contribution in [1.29, 1.82) is 0 Å². The number of rotatable bonds is 2. The number of carbonyl (C=O) groups excluding carboxylic acids is 1. The number of hydrogen-bond acceptors (Lipinski definition) is 2. The first-order chi connectivity index (χ1) is 8.72. The molecule has 4 heteroatoms. The fourth-order valence-electron chi connectivity index (χ4n) is 2.51. The second kappa shape index (κ2) is 4.46. The molecule has 1 fully saturated rings. The second-order valence-corrected chi connectivity index (χ2v) is 5.00. The Morgan fingerprint density at radius 1 is 1.44 bits per heavy atom. The predicted molar refractivity (Wildman–Crippen MR) is 71.7 cm³/mol. The first-order valence-corrected chi connectivity index (χ1v) is 6.29. The van der Waals surface area contributed by atoms with Crippen LogP contribution in [0.15, 0.2) is 30.5 Å². The molecule has 2 N–H and O–H groups in total. The Morgan fingerprint density at radius 3 is 3.11 bits per heavy atom. The summed E-state index contributed by atoms with van der Waals surface area (Å²) in [5.74, 6) is 0.0202. The average molecular weight is 243 g/mol. The number of hydrogen-bond donors (Lipinski definition) is 2. The number of benzene rings is 1. The van der Waals surface area contributed by atoms with E-state index in [0.29, 0.717) is 0 Å². The van der Waals surface area contributed by atoms with Crippen LogP contribution in [0.25, 0.3) is 10.9 Å². The van der Waals surface area contributed by atoms with Gasteiger partial charge in [0.1, 0.15) is 0 Å². The van der Waals surface area contributed by atoms with Crippen LogP contribution in [0.4, 0.5) is 0 Å². The van der Waals surface area contributed by atoms with Crippen molar-refractivity contribution in [2.75, 3.05) is 20.1 Å². The smallest absolute Gasteiger partial charge is 0.251 e. The van der Waals surface area contributed by atoms with Gasteiger partial charge in [0, 0.05) is 29.9 Å². The summed E-state index contributed by atoms with van der Waals surface area (Å²) in [6.45, 7) is 2.00. The molecule has 1 aromatic carbocycles. The minimum absolute atomic E-state index is 0.0202. The lowest BCUT2D eigenvalue weighted by atomic mass is 10.1. The number of nitrogens with one attached hydrogen (secondary N) is 2. The number of likely N-dealkylation sites (tertiary alicyclic amines) is 1. The molecule has 18 heavy (non-hydrogen) atoms. The Hall–Kier alpha value is -1.81. The SMILES string of the molecule is CN1CCC(NC(=O)c2ccc3cc[nH]c3c2)C1. The number of amides is 1. The van der Waals surface area contributed by atoms with Gasteiger partial charge in [0.05, 0.1) is 0 Å². The molecule has 0 saturated carbocycles. The molecule has 2 aromatic rings. The van der Waals surface area contributed by atoms with Gasteiger partial charge in [-0.2, -0.15) is 0 Å². The van der Waals surface area contributed by atoms with Crippen LogP contribution in [0.3, 0.4) is 0 Å². The Kier molecular flexibility index (Phi) is 2.80. The van der Waals surface area contributed by atoms with E-state index in [-0.39, 0.29) is 11.9 Å². The van der Waals surface area contributed by atoms with E-state index in [4.69, 9.17) is 0 Å². The van der Waals surface area contributed by atoms with Crippen molar-refractivity contribution in [1.82, 2.24) is 15.2 Å². The van der Waals surface area contributed by atoms with Crippen LogP contribution in [0.5, 0.6) is 0 Å². The highest BCUT2D eigenvalue weighted by atomic mass is 16.1. The zero-order valence-electron chi connectivity index (χ0n) is 10.4. The van der Waals surface area contributed by atoms with Gasteiger partial charge in [-0.25, -0.2) is 0 Å². The molecule has 4 nitrogen and oxygen atoms in total. The molecule has 0 aliphatic carbocycles. The van der Waals surface area contributed by atoms with Gasteiger partial charge >= 0.3 is 0 Å². The van der Waals surface area contributed by atoms with E-state index in [9.17, 15) is 4.79 Å². The number of H-pyrrole nitrogens is 1. The molecule has 1 saturated heterocycles. The Bertz CT molecular complexity index is 575. The van der Waals surface area contributed by atoms with Gasteiger partial charge in [-0.15, -0.1) is 0 Å². The van der Waals surface area contributed by atoms with Crippen LogP contribution in [0.2, 0.25) is 0 Å². The quantitative estimate of drug-likeness (QED) is 0.841. The molecular weight excluding hydrogens is 226 g/mol. The zero-order valence-corrected chi connectivity index (χ0v) is 10.4. The minimum atomic E-state index is 0.0202. The van der Waals surface area contributed by atoms with Crippen molar-refractivity contribution in [3.63, 3.8) is 0 Å². The highest BCUT2D eigenvalue weighted by Gasteiger charge is 2.21. The van der Waals surface area contributed by atoms with Crippen LogP contribution in [-0.4, -0.2) is 42.0 Å². The van der Waals surface area contributed by atoms with E-state index >= 15 is 0 Å². The molecule has 1 amide bonds. The topological polar surface area (TPSA) is 48.1 Å². The number of likely N-dealkylation sites (N-methyl/N-ethyl adjacent to an activating group) is 1. The summed E-state index contributed by atoms with van der Waals surface area (Å²) < 4.78 is 0. The second-order valence-electron chi connectivity index (χ2n) is 5.00. The Balaban J connectivity index is 1.75. The number of carbonyl (C=O) groups is 1. The van der Waals surface area contributed by atoms with E-state index in [1.807, 2.05) is 30.5 Å². The largest absolute Gasteiger partial charge is 0.361 e. The number of fused-ring (bicyclic) bond motifs is 1. The summed E-state index contributed by atoms with van der Waals surface area (Å²) in [4.78, 5) is 17.5. The van der Waals surface area contributed by atoms with Crippen molar-refractivity contribution in [3.8, 4) is 0 Å². The summed E-state index contributed by atoms with van der Waals surface area (Å²) in [5.41, 5.74) is 1.73. The van der Waals surface area contributed by atoms with E-state index < -0.39 is 0 Å². The first-order valence-electron chi connectivity index (χ1n) is 6.29. The van der Waals surface area contributed by atoms with Crippen LogP contribution < -0.4 is 5.32 Å². The number of aromatic amines is 1. The molecule has 1 unspecified atom stereocenters. The molecule has 94 valence electrons. The van der Waals surface area contributed by atoms with Gasteiger partial charge in [0.2, 0.25) is 0 Å². The predicted octanol–water partition coefficient (Wildman–Crippen LogP) is 1.60. The standard InChI is InChI=1S/C14H17N3O/c1-17-7-5-12(9-17)16-14(18)11-3-2-10-4-6-15-13(10)8-11/h2-4,6,8,12,15H,5,7,9H2,1H3,(H,16,18). The van der Waals surface area contributed by atoms with Crippen molar-refractivity contribution >= 4 is 16.8 Å². The average Bonchev–Trinajstić information content (AvgIpc) is 2.96. The summed E-state index contributed by atoms with van der Waals surface area (Å²) in [6, 6.07) is 8.04. The van der Waals surface area contributed by atoms with Crippen molar-refractivity contribution in [3.05, 3.63) is 36.0 Å². The third kappa shape index (κ3) is 2.11. The monoisotopic (exact) mass is 243 g/mol. The maximum absolute atomic E-state index is 12.1. The molecule has 1 aliphatic heterocycles. The van der Waals surface area contributed by atoms with Gasteiger partial charge in [-0.1, -0.05) is 6.07 Å². The molecule has 0 bridgehead atoms. The lowest BCUT2D eigenvalue weighted by Gasteiger charge is -2.12. The van der Waals surface area contributed by atoms with Gasteiger partial charge in [-0.3, -0.25) is 4.79 Å². The van der Waals surface area contributed by atoms with Gasteiger partial charge in [0.15, 0.2) is 0 Å². The molecule has 1 aliphatic rings. The van der Waals surface area contributed by atoms with E-state index in [1.165, 1.54) is 0 Å². The molecule has 3 rings (SSSR count). The molecule has 1 atom stereocenters. The highest BCUT2D eigenvalue weighted by molar-refractivity contribution is 5.98. The van der Waals surface area contributed by atoms with Crippen LogP contribution >= 0.6 is 0 Å². The van der Waals surface area contributed by atoms with Gasteiger partial charge in [0.25, 0.3) is 5.91 Å².